The summed E-state index contributed by atoms with van der Waals surface area (Å²) in [5.74, 6) is -0.324. The summed E-state index contributed by atoms with van der Waals surface area (Å²) in [5, 5.41) is 4.95. The van der Waals surface area contributed by atoms with Crippen LogP contribution in [0.15, 0.2) is 18.2 Å². The van der Waals surface area contributed by atoms with Crippen molar-refractivity contribution in [1.29, 1.82) is 0 Å². The summed E-state index contributed by atoms with van der Waals surface area (Å²) < 4.78 is 4.73. The second-order valence-electron chi connectivity index (χ2n) is 7.47. The van der Waals surface area contributed by atoms with Crippen molar-refractivity contribution in [2.75, 3.05) is 26.7 Å². The summed E-state index contributed by atoms with van der Waals surface area (Å²) in [6.07, 6.45) is 4.44. The Labute approximate surface area is 169 Å². The van der Waals surface area contributed by atoms with Crippen LogP contribution in [0.5, 0.6) is 0 Å². The Morgan fingerprint density at radius 1 is 1.32 bits per heavy atom. The molecule has 1 atom stereocenters. The van der Waals surface area contributed by atoms with Crippen molar-refractivity contribution in [3.63, 3.8) is 0 Å². The molecule has 1 fully saturated rings. The lowest BCUT2D eigenvalue weighted by molar-refractivity contribution is -0.141. The molecule has 0 bridgehead atoms. The highest BCUT2D eigenvalue weighted by molar-refractivity contribution is 6.36. The van der Waals surface area contributed by atoms with Gasteiger partial charge in [-0.2, -0.15) is 0 Å². The maximum Gasteiger partial charge on any atom is 0.307 e. The van der Waals surface area contributed by atoms with Gasteiger partial charge in [0.05, 0.1) is 24.1 Å². The first-order valence-corrected chi connectivity index (χ1v) is 10.1. The van der Waals surface area contributed by atoms with Gasteiger partial charge in [-0.25, -0.2) is 0 Å². The maximum atomic E-state index is 13.0. The molecule has 0 saturated carbocycles. The molecule has 6 nitrogen and oxygen atoms in total. The van der Waals surface area contributed by atoms with E-state index in [2.05, 4.69) is 5.32 Å². The molecule has 7 heteroatoms. The van der Waals surface area contributed by atoms with Crippen molar-refractivity contribution in [3.8, 4) is 0 Å². The molecule has 1 N–H and O–H groups in total. The van der Waals surface area contributed by atoms with Gasteiger partial charge in [0, 0.05) is 42.3 Å². The van der Waals surface area contributed by atoms with Crippen LogP contribution >= 0.6 is 11.6 Å². The van der Waals surface area contributed by atoms with E-state index in [4.69, 9.17) is 21.3 Å². The van der Waals surface area contributed by atoms with Crippen molar-refractivity contribution >= 4 is 34.4 Å². The highest BCUT2D eigenvalue weighted by atomic mass is 35.5. The second kappa shape index (κ2) is 8.05. The number of ether oxygens (including phenoxy) is 1. The van der Waals surface area contributed by atoms with Gasteiger partial charge in [-0.15, -0.1) is 0 Å². The third-order valence-corrected chi connectivity index (χ3v) is 6.06. The van der Waals surface area contributed by atoms with Gasteiger partial charge in [0.1, 0.15) is 0 Å². The minimum atomic E-state index is -0.277. The zero-order chi connectivity index (χ0) is 19.7. The van der Waals surface area contributed by atoms with Crippen molar-refractivity contribution in [2.24, 2.45) is 0 Å². The fourth-order valence-corrected chi connectivity index (χ4v) is 4.48. The second-order valence-corrected chi connectivity index (χ2v) is 7.85. The molecule has 1 aliphatic heterocycles. The molecule has 28 heavy (non-hydrogen) atoms. The molecule has 2 aliphatic rings. The number of aromatic nitrogens is 1. The van der Waals surface area contributed by atoms with E-state index in [1.807, 2.05) is 18.2 Å². The first-order chi connectivity index (χ1) is 13.6. The molecule has 0 radical (unpaired) electrons. The van der Waals surface area contributed by atoms with E-state index in [0.717, 1.165) is 52.9 Å². The van der Waals surface area contributed by atoms with E-state index in [9.17, 15) is 9.59 Å². The Bertz CT molecular complexity index is 931. The number of benzene rings is 1. The van der Waals surface area contributed by atoms with Gasteiger partial charge >= 0.3 is 5.97 Å². The predicted octanol–water partition coefficient (Wildman–Crippen LogP) is 2.74. The molecule has 1 amide bonds. The lowest BCUT2D eigenvalue weighted by atomic mass is 9.94. The Balaban J connectivity index is 1.58. The highest BCUT2D eigenvalue weighted by Gasteiger charge is 2.26. The summed E-state index contributed by atoms with van der Waals surface area (Å²) in [5.41, 5.74) is 3.60. The average Bonchev–Trinajstić information content (AvgIpc) is 2.73. The fraction of sp³-hybridized carbons (Fsp3) is 0.476. The SMILES string of the molecule is COC(=O)CC1CN(C(=O)c2ccc3c(Cl)c4c(nc3c2)CCCC4)CCN1. The van der Waals surface area contributed by atoms with Gasteiger partial charge in [-0.05, 0) is 43.4 Å². The lowest BCUT2D eigenvalue weighted by Gasteiger charge is -2.33. The molecular weight excluding hydrogens is 378 g/mol. The van der Waals surface area contributed by atoms with Crippen LogP contribution in [0.1, 0.15) is 40.9 Å². The molecule has 1 aromatic carbocycles. The third kappa shape index (κ3) is 3.71. The van der Waals surface area contributed by atoms with Crippen LogP contribution in [0.3, 0.4) is 0 Å². The van der Waals surface area contributed by atoms with Gasteiger partial charge in [0.15, 0.2) is 0 Å². The molecule has 2 heterocycles. The van der Waals surface area contributed by atoms with Gasteiger partial charge in [0.2, 0.25) is 0 Å². The zero-order valence-corrected chi connectivity index (χ0v) is 16.7. The third-order valence-electron chi connectivity index (χ3n) is 5.62. The Kier molecular flexibility index (Phi) is 5.51. The van der Waals surface area contributed by atoms with Crippen molar-refractivity contribution in [1.82, 2.24) is 15.2 Å². The molecule has 1 unspecified atom stereocenters. The maximum absolute atomic E-state index is 13.0. The number of nitrogens with one attached hydrogen (secondary N) is 1. The number of nitrogens with zero attached hydrogens (tertiary/aromatic N) is 2. The number of methoxy groups -OCH3 is 1. The first kappa shape index (κ1) is 19.2. The molecule has 0 spiro atoms. The minimum absolute atomic E-state index is 0.0473. The van der Waals surface area contributed by atoms with E-state index in [0.29, 0.717) is 25.2 Å². The molecular formula is C21H24ClN3O3. The van der Waals surface area contributed by atoms with Crippen LogP contribution in [-0.2, 0) is 22.4 Å². The minimum Gasteiger partial charge on any atom is -0.469 e. The molecule has 1 saturated heterocycles. The van der Waals surface area contributed by atoms with E-state index in [1.54, 1.807) is 4.90 Å². The molecule has 1 aromatic heterocycles. The Morgan fingerprint density at radius 2 is 2.14 bits per heavy atom. The quantitative estimate of drug-likeness (QED) is 0.801. The number of fused-ring (bicyclic) bond motifs is 2. The lowest BCUT2D eigenvalue weighted by Crippen LogP contribution is -2.53. The number of carbonyl (C=O) groups is 2. The van der Waals surface area contributed by atoms with Crippen molar-refractivity contribution in [3.05, 3.63) is 40.0 Å². The Morgan fingerprint density at radius 3 is 2.96 bits per heavy atom. The van der Waals surface area contributed by atoms with Crippen LogP contribution in [0.4, 0.5) is 0 Å². The van der Waals surface area contributed by atoms with Crippen LogP contribution in [-0.4, -0.2) is 54.5 Å². The van der Waals surface area contributed by atoms with E-state index < -0.39 is 0 Å². The van der Waals surface area contributed by atoms with Gasteiger partial charge in [-0.1, -0.05) is 17.7 Å². The fourth-order valence-electron chi connectivity index (χ4n) is 4.11. The van der Waals surface area contributed by atoms with E-state index in [-0.39, 0.29) is 24.3 Å². The number of halogens is 1. The van der Waals surface area contributed by atoms with Gasteiger partial charge in [0.25, 0.3) is 5.91 Å². The van der Waals surface area contributed by atoms with Gasteiger partial charge < -0.3 is 15.0 Å². The standard InChI is InChI=1S/C21H24ClN3O3/c1-28-19(26)11-14-12-25(9-8-23-14)21(27)13-6-7-16-18(10-13)24-17-5-3-2-4-15(17)20(16)22/h6-7,10,14,23H,2-5,8-9,11-12H2,1H3. The van der Waals surface area contributed by atoms with Gasteiger partial charge in [-0.3, -0.25) is 14.6 Å². The number of piperazine rings is 1. The summed E-state index contributed by atoms with van der Waals surface area (Å²) >= 11 is 6.63. The molecule has 4 rings (SSSR count). The number of rotatable bonds is 3. The Hall–Kier alpha value is -2.18. The monoisotopic (exact) mass is 401 g/mol. The normalized spacial score (nSPS) is 19.4. The number of hydrogen-bond donors (Lipinski definition) is 1. The van der Waals surface area contributed by atoms with E-state index >= 15 is 0 Å². The number of carbonyl (C=O) groups excluding carboxylic acids is 2. The number of hydrogen-bond acceptors (Lipinski definition) is 5. The van der Waals surface area contributed by atoms with Crippen molar-refractivity contribution in [2.45, 2.75) is 38.1 Å². The highest BCUT2D eigenvalue weighted by Crippen LogP contribution is 2.33. The number of amides is 1. The average molecular weight is 402 g/mol. The smallest absolute Gasteiger partial charge is 0.307 e. The molecule has 148 valence electrons. The van der Waals surface area contributed by atoms with Crippen LogP contribution in [0.2, 0.25) is 5.02 Å². The summed E-state index contributed by atoms with van der Waals surface area (Å²) in [6, 6.07) is 5.48. The first-order valence-electron chi connectivity index (χ1n) is 9.77. The van der Waals surface area contributed by atoms with Crippen molar-refractivity contribution < 1.29 is 14.3 Å². The van der Waals surface area contributed by atoms with Crippen LogP contribution in [0, 0.1) is 0 Å². The van der Waals surface area contributed by atoms with E-state index in [1.165, 1.54) is 7.11 Å². The van der Waals surface area contributed by atoms with Crippen LogP contribution < -0.4 is 5.32 Å². The largest absolute Gasteiger partial charge is 0.469 e. The summed E-state index contributed by atoms with van der Waals surface area (Å²) in [7, 11) is 1.38. The number of esters is 1. The summed E-state index contributed by atoms with van der Waals surface area (Å²) in [4.78, 5) is 31.2. The molecule has 2 aromatic rings. The predicted molar refractivity (Wildman–Crippen MR) is 108 cm³/mol. The molecule has 1 aliphatic carbocycles. The number of pyridine rings is 1. The number of aryl methyl sites for hydroxylation is 1. The van der Waals surface area contributed by atoms with Crippen LogP contribution in [0.25, 0.3) is 10.9 Å². The zero-order valence-electron chi connectivity index (χ0n) is 16.0. The summed E-state index contributed by atoms with van der Waals surface area (Å²) in [6.45, 7) is 1.73. The topological polar surface area (TPSA) is 71.5 Å².